The third kappa shape index (κ3) is 8.01. The first-order valence-corrected chi connectivity index (χ1v) is 8.46. The first kappa shape index (κ1) is 19.1. The highest BCUT2D eigenvalue weighted by Crippen LogP contribution is 1.99. The molecule has 2 N–H and O–H groups in total. The molecular formula is C20H22N4O2. The minimum Gasteiger partial charge on any atom is -0.353 e. The predicted molar refractivity (Wildman–Crippen MR) is 102 cm³/mol. The summed E-state index contributed by atoms with van der Waals surface area (Å²) in [7, 11) is 0. The van der Waals surface area contributed by atoms with Crippen molar-refractivity contribution in [3.63, 3.8) is 0 Å². The number of amides is 2. The lowest BCUT2D eigenvalue weighted by Gasteiger charge is -2.03. The van der Waals surface area contributed by atoms with Crippen molar-refractivity contribution in [2.24, 2.45) is 0 Å². The second-order valence-corrected chi connectivity index (χ2v) is 5.52. The van der Waals surface area contributed by atoms with E-state index in [9.17, 15) is 9.59 Å². The quantitative estimate of drug-likeness (QED) is 0.536. The Labute approximate surface area is 153 Å². The number of carbonyl (C=O) groups is 2. The van der Waals surface area contributed by atoms with Crippen LogP contribution in [0.3, 0.4) is 0 Å². The maximum Gasteiger partial charge on any atom is 0.243 e. The van der Waals surface area contributed by atoms with E-state index >= 15 is 0 Å². The largest absolute Gasteiger partial charge is 0.353 e. The summed E-state index contributed by atoms with van der Waals surface area (Å²) < 4.78 is 0. The molecule has 134 valence electrons. The number of aromatic nitrogens is 2. The van der Waals surface area contributed by atoms with Gasteiger partial charge in [0.1, 0.15) is 0 Å². The van der Waals surface area contributed by atoms with Crippen LogP contribution in [0.4, 0.5) is 0 Å². The number of carbonyl (C=O) groups excluding carboxylic acids is 2. The highest BCUT2D eigenvalue weighted by Gasteiger charge is 1.97. The van der Waals surface area contributed by atoms with Crippen molar-refractivity contribution >= 4 is 24.0 Å². The van der Waals surface area contributed by atoms with E-state index in [1.54, 1.807) is 36.9 Å². The average molecular weight is 350 g/mol. The molecule has 0 aromatic carbocycles. The van der Waals surface area contributed by atoms with Crippen molar-refractivity contribution in [2.45, 2.75) is 12.8 Å². The van der Waals surface area contributed by atoms with Gasteiger partial charge in [0.2, 0.25) is 11.8 Å². The second kappa shape index (κ2) is 11.3. The van der Waals surface area contributed by atoms with Crippen LogP contribution in [-0.2, 0) is 9.59 Å². The molecule has 0 atom stereocenters. The normalized spacial score (nSPS) is 10.9. The molecule has 0 saturated carbocycles. The summed E-state index contributed by atoms with van der Waals surface area (Å²) >= 11 is 0. The number of hydrogen-bond donors (Lipinski definition) is 2. The van der Waals surface area contributed by atoms with Crippen LogP contribution in [0.1, 0.15) is 24.0 Å². The van der Waals surface area contributed by atoms with Gasteiger partial charge in [0, 0.05) is 50.0 Å². The first-order valence-electron chi connectivity index (χ1n) is 8.46. The van der Waals surface area contributed by atoms with Crippen LogP contribution in [0.2, 0.25) is 0 Å². The summed E-state index contributed by atoms with van der Waals surface area (Å²) in [5.74, 6) is -0.266. The Morgan fingerprint density at radius 1 is 0.731 bits per heavy atom. The molecule has 2 aromatic heterocycles. The van der Waals surface area contributed by atoms with Crippen molar-refractivity contribution in [1.29, 1.82) is 0 Å². The van der Waals surface area contributed by atoms with Crippen molar-refractivity contribution < 1.29 is 9.59 Å². The average Bonchev–Trinajstić information content (AvgIpc) is 2.69. The van der Waals surface area contributed by atoms with E-state index < -0.39 is 0 Å². The van der Waals surface area contributed by atoms with Crippen molar-refractivity contribution in [1.82, 2.24) is 20.6 Å². The third-order valence-corrected chi connectivity index (χ3v) is 3.47. The molecule has 2 aromatic rings. The highest BCUT2D eigenvalue weighted by atomic mass is 16.2. The van der Waals surface area contributed by atoms with E-state index in [0.29, 0.717) is 13.1 Å². The molecule has 2 rings (SSSR count). The summed E-state index contributed by atoms with van der Waals surface area (Å²) in [5, 5.41) is 5.63. The van der Waals surface area contributed by atoms with Crippen molar-refractivity contribution in [2.75, 3.05) is 13.1 Å². The topological polar surface area (TPSA) is 84.0 Å². The molecule has 0 bridgehead atoms. The summed E-state index contributed by atoms with van der Waals surface area (Å²) in [6.45, 7) is 1.14. The number of pyridine rings is 2. The van der Waals surface area contributed by atoms with Gasteiger partial charge in [0.05, 0.1) is 0 Å². The minimum absolute atomic E-state index is 0.133. The van der Waals surface area contributed by atoms with Gasteiger partial charge in [-0.3, -0.25) is 19.6 Å². The van der Waals surface area contributed by atoms with Crippen LogP contribution in [0.25, 0.3) is 12.2 Å². The highest BCUT2D eigenvalue weighted by molar-refractivity contribution is 5.92. The SMILES string of the molecule is O=C(/C=C/c1ccncc1)NCCCCNC(=O)/C=C/c1ccncc1. The van der Waals surface area contributed by atoms with E-state index in [4.69, 9.17) is 0 Å². The molecule has 6 nitrogen and oxygen atoms in total. The molecule has 26 heavy (non-hydrogen) atoms. The van der Waals surface area contributed by atoms with Gasteiger partial charge >= 0.3 is 0 Å². The molecule has 2 heterocycles. The fourth-order valence-electron chi connectivity index (χ4n) is 2.08. The van der Waals surface area contributed by atoms with E-state index in [1.165, 1.54) is 12.2 Å². The zero-order chi connectivity index (χ0) is 18.5. The summed E-state index contributed by atoms with van der Waals surface area (Å²) in [6.07, 6.45) is 14.8. The Kier molecular flexibility index (Phi) is 8.28. The van der Waals surface area contributed by atoms with E-state index in [2.05, 4.69) is 20.6 Å². The van der Waals surface area contributed by atoms with Gasteiger partial charge in [0.15, 0.2) is 0 Å². The number of unbranched alkanes of at least 4 members (excludes halogenated alkanes) is 1. The number of rotatable bonds is 9. The van der Waals surface area contributed by atoms with Crippen LogP contribution in [-0.4, -0.2) is 34.9 Å². The van der Waals surface area contributed by atoms with Crippen molar-refractivity contribution in [3.05, 3.63) is 72.3 Å². The van der Waals surface area contributed by atoms with Crippen LogP contribution in [0, 0.1) is 0 Å². The molecule has 0 aliphatic rings. The maximum absolute atomic E-state index is 11.7. The third-order valence-electron chi connectivity index (χ3n) is 3.47. The van der Waals surface area contributed by atoms with Gasteiger partial charge in [-0.2, -0.15) is 0 Å². The molecular weight excluding hydrogens is 328 g/mol. The minimum atomic E-state index is -0.133. The zero-order valence-corrected chi connectivity index (χ0v) is 14.5. The lowest BCUT2D eigenvalue weighted by Crippen LogP contribution is -2.25. The molecule has 0 radical (unpaired) electrons. The standard InChI is InChI=1S/C20H22N4O2/c25-19(5-3-17-7-13-21-14-8-17)23-11-1-2-12-24-20(26)6-4-18-9-15-22-16-10-18/h3-10,13-16H,1-2,11-12H2,(H,23,25)(H,24,26)/b5-3+,6-4+. The molecule has 2 amide bonds. The predicted octanol–water partition coefficient (Wildman–Crippen LogP) is 2.22. The van der Waals surface area contributed by atoms with Gasteiger partial charge in [-0.1, -0.05) is 0 Å². The number of nitrogens with one attached hydrogen (secondary N) is 2. The maximum atomic E-state index is 11.7. The molecule has 6 heteroatoms. The first-order chi connectivity index (χ1) is 12.7. The van der Waals surface area contributed by atoms with E-state index in [0.717, 1.165) is 24.0 Å². The van der Waals surface area contributed by atoms with E-state index in [-0.39, 0.29) is 11.8 Å². The Hall–Kier alpha value is -3.28. The van der Waals surface area contributed by atoms with Gasteiger partial charge in [-0.15, -0.1) is 0 Å². The second-order valence-electron chi connectivity index (χ2n) is 5.52. The van der Waals surface area contributed by atoms with Crippen LogP contribution in [0.15, 0.2) is 61.2 Å². The molecule has 0 fully saturated rings. The summed E-state index contributed by atoms with van der Waals surface area (Å²) in [6, 6.07) is 7.32. The summed E-state index contributed by atoms with van der Waals surface area (Å²) in [5.41, 5.74) is 1.86. The fraction of sp³-hybridized carbons (Fsp3) is 0.200. The fourth-order valence-corrected chi connectivity index (χ4v) is 2.08. The monoisotopic (exact) mass is 350 g/mol. The Morgan fingerprint density at radius 3 is 1.50 bits per heavy atom. The molecule has 0 unspecified atom stereocenters. The van der Waals surface area contributed by atoms with Gasteiger partial charge < -0.3 is 10.6 Å². The lowest BCUT2D eigenvalue weighted by molar-refractivity contribution is -0.117. The molecule has 0 saturated heterocycles. The Morgan fingerprint density at radius 2 is 1.12 bits per heavy atom. The van der Waals surface area contributed by atoms with Gasteiger partial charge in [-0.25, -0.2) is 0 Å². The van der Waals surface area contributed by atoms with E-state index in [1.807, 2.05) is 24.3 Å². The van der Waals surface area contributed by atoms with Crippen LogP contribution >= 0.6 is 0 Å². The Balaban J connectivity index is 1.53. The molecule has 0 aliphatic carbocycles. The van der Waals surface area contributed by atoms with Crippen LogP contribution < -0.4 is 10.6 Å². The Bertz CT molecular complexity index is 677. The van der Waals surface area contributed by atoms with Gasteiger partial charge in [-0.05, 0) is 60.4 Å². The summed E-state index contributed by atoms with van der Waals surface area (Å²) in [4.78, 5) is 31.2. The zero-order valence-electron chi connectivity index (χ0n) is 14.5. The van der Waals surface area contributed by atoms with Crippen LogP contribution in [0.5, 0.6) is 0 Å². The lowest BCUT2D eigenvalue weighted by atomic mass is 10.2. The van der Waals surface area contributed by atoms with Crippen molar-refractivity contribution in [3.8, 4) is 0 Å². The molecule has 0 aliphatic heterocycles. The van der Waals surface area contributed by atoms with Gasteiger partial charge in [0.25, 0.3) is 0 Å². The molecule has 0 spiro atoms. The number of nitrogens with zero attached hydrogens (tertiary/aromatic N) is 2. The smallest absolute Gasteiger partial charge is 0.243 e. The number of hydrogen-bond acceptors (Lipinski definition) is 4.